The lowest BCUT2D eigenvalue weighted by atomic mass is 9.93. The summed E-state index contributed by atoms with van der Waals surface area (Å²) >= 11 is 1.33. The normalized spacial score (nSPS) is 15.5. The fourth-order valence-corrected chi connectivity index (χ4v) is 5.21. The zero-order valence-corrected chi connectivity index (χ0v) is 20.3. The molecule has 5 nitrogen and oxygen atoms in total. The Labute approximate surface area is 207 Å². The van der Waals surface area contributed by atoms with Crippen molar-refractivity contribution in [3.05, 3.63) is 132 Å². The van der Waals surface area contributed by atoms with Crippen LogP contribution in [-0.4, -0.2) is 17.1 Å². The first-order valence-electron chi connectivity index (χ1n) is 11.5. The monoisotopic (exact) mass is 480 g/mol. The van der Waals surface area contributed by atoms with Crippen molar-refractivity contribution in [3.63, 3.8) is 0 Å². The molecule has 0 bridgehead atoms. The van der Waals surface area contributed by atoms with E-state index in [0.29, 0.717) is 20.6 Å². The molecule has 2 heterocycles. The largest absolute Gasteiger partial charge is 0.463 e. The van der Waals surface area contributed by atoms with Crippen LogP contribution >= 0.6 is 11.3 Å². The maximum atomic E-state index is 13.7. The third kappa shape index (κ3) is 4.40. The summed E-state index contributed by atoms with van der Waals surface area (Å²) in [5.74, 6) is -0.475. The van der Waals surface area contributed by atoms with Crippen molar-refractivity contribution >= 4 is 29.1 Å². The molecule has 1 aromatic heterocycles. The average molecular weight is 481 g/mol. The van der Waals surface area contributed by atoms with Crippen LogP contribution in [0, 0.1) is 6.92 Å². The number of hydrogen-bond donors (Lipinski definition) is 0. The van der Waals surface area contributed by atoms with Crippen LogP contribution in [0.15, 0.2) is 100 Å². The van der Waals surface area contributed by atoms with Gasteiger partial charge in [0.05, 0.1) is 28.5 Å². The van der Waals surface area contributed by atoms with Crippen LogP contribution in [0.25, 0.3) is 11.8 Å². The van der Waals surface area contributed by atoms with Crippen molar-refractivity contribution < 1.29 is 9.53 Å². The first-order valence-corrected chi connectivity index (χ1v) is 12.3. The molecule has 1 atom stereocenters. The topological polar surface area (TPSA) is 60.7 Å². The number of aromatic nitrogens is 1. The number of aryl methyl sites for hydroxylation is 1. The maximum Gasteiger partial charge on any atom is 0.338 e. The molecule has 0 saturated heterocycles. The van der Waals surface area contributed by atoms with Gasteiger partial charge in [-0.15, -0.1) is 0 Å². The van der Waals surface area contributed by atoms with Gasteiger partial charge in [-0.2, -0.15) is 0 Å². The summed E-state index contributed by atoms with van der Waals surface area (Å²) in [6.45, 7) is 4.03. The summed E-state index contributed by atoms with van der Waals surface area (Å²) in [4.78, 5) is 32.5. The molecule has 0 aliphatic carbocycles. The molecular weight excluding hydrogens is 456 g/mol. The van der Waals surface area contributed by atoms with E-state index >= 15 is 0 Å². The lowest BCUT2D eigenvalue weighted by Gasteiger charge is -2.25. The van der Waals surface area contributed by atoms with Crippen molar-refractivity contribution in [2.75, 3.05) is 6.61 Å². The smallest absolute Gasteiger partial charge is 0.338 e. The molecule has 0 radical (unpaired) electrons. The molecule has 6 heteroatoms. The molecule has 0 saturated carbocycles. The molecule has 0 spiro atoms. The number of ether oxygens (including phenoxy) is 1. The van der Waals surface area contributed by atoms with Crippen molar-refractivity contribution in [1.29, 1.82) is 0 Å². The van der Waals surface area contributed by atoms with E-state index in [0.717, 1.165) is 22.3 Å². The van der Waals surface area contributed by atoms with Crippen molar-refractivity contribution in [2.24, 2.45) is 4.99 Å². The number of fused-ring (bicyclic) bond motifs is 1. The van der Waals surface area contributed by atoms with E-state index in [1.165, 1.54) is 11.3 Å². The Hall–Kier alpha value is -4.03. The Morgan fingerprint density at radius 2 is 1.66 bits per heavy atom. The van der Waals surface area contributed by atoms with Crippen LogP contribution in [0.1, 0.15) is 35.2 Å². The minimum absolute atomic E-state index is 0.183. The van der Waals surface area contributed by atoms with Crippen LogP contribution in [-0.2, 0) is 9.53 Å². The second kappa shape index (κ2) is 9.68. The van der Waals surface area contributed by atoms with Crippen LogP contribution in [0.4, 0.5) is 0 Å². The van der Waals surface area contributed by atoms with Crippen LogP contribution in [0.3, 0.4) is 0 Å². The highest BCUT2D eigenvalue weighted by molar-refractivity contribution is 7.07. The Bertz CT molecular complexity index is 1580. The first kappa shape index (κ1) is 22.7. The van der Waals surface area contributed by atoms with Gasteiger partial charge in [0.2, 0.25) is 0 Å². The zero-order chi connectivity index (χ0) is 24.4. The third-order valence-corrected chi connectivity index (χ3v) is 6.85. The van der Waals surface area contributed by atoms with E-state index in [-0.39, 0.29) is 12.2 Å². The molecule has 0 fully saturated rings. The van der Waals surface area contributed by atoms with Gasteiger partial charge in [-0.3, -0.25) is 9.36 Å². The summed E-state index contributed by atoms with van der Waals surface area (Å²) < 4.78 is 7.66. The molecule has 0 amide bonds. The molecule has 174 valence electrons. The van der Waals surface area contributed by atoms with Gasteiger partial charge in [0.1, 0.15) is 0 Å². The number of esters is 1. The molecule has 4 aromatic rings. The molecule has 0 unspecified atom stereocenters. The molecule has 5 rings (SSSR count). The van der Waals surface area contributed by atoms with E-state index in [4.69, 9.17) is 9.73 Å². The quantitative estimate of drug-likeness (QED) is 0.402. The summed E-state index contributed by atoms with van der Waals surface area (Å²) in [6.07, 6.45) is 1.88. The standard InChI is InChI=1S/C29H24N2O3S/c1-3-34-28(33)24-25(21-10-6-4-7-11-21)30-29-31(26(24)22-12-8-5-9-13-22)27(32)23(35-29)18-20-16-14-19(2)15-17-20/h4-18,26H,3H2,1-2H3/b23-18-/t26-/m0/s1. The van der Waals surface area contributed by atoms with Gasteiger partial charge in [-0.1, -0.05) is 102 Å². The first-order chi connectivity index (χ1) is 17.1. The summed E-state index contributed by atoms with van der Waals surface area (Å²) in [5, 5.41) is 0. The van der Waals surface area contributed by atoms with Crippen molar-refractivity contribution in [3.8, 4) is 0 Å². The fraction of sp³-hybridized carbons (Fsp3) is 0.138. The number of carbonyl (C=O) groups is 1. The fourth-order valence-electron chi connectivity index (χ4n) is 4.21. The second-order valence-electron chi connectivity index (χ2n) is 8.25. The van der Waals surface area contributed by atoms with E-state index in [1.54, 1.807) is 11.5 Å². The minimum Gasteiger partial charge on any atom is -0.463 e. The highest BCUT2D eigenvalue weighted by Crippen LogP contribution is 2.34. The number of rotatable bonds is 5. The zero-order valence-electron chi connectivity index (χ0n) is 19.5. The Kier molecular flexibility index (Phi) is 6.29. The van der Waals surface area contributed by atoms with Crippen LogP contribution < -0.4 is 14.9 Å². The van der Waals surface area contributed by atoms with Gasteiger partial charge in [0, 0.05) is 5.56 Å². The van der Waals surface area contributed by atoms with Crippen molar-refractivity contribution in [2.45, 2.75) is 19.9 Å². The highest BCUT2D eigenvalue weighted by Gasteiger charge is 2.35. The Balaban J connectivity index is 1.82. The predicted molar refractivity (Wildman–Crippen MR) is 139 cm³/mol. The number of carbonyl (C=O) groups excluding carboxylic acids is 1. The van der Waals surface area contributed by atoms with Gasteiger partial charge in [0.25, 0.3) is 5.56 Å². The van der Waals surface area contributed by atoms with Crippen LogP contribution in [0.5, 0.6) is 0 Å². The number of thiazole rings is 1. The maximum absolute atomic E-state index is 13.7. The number of nitrogens with zero attached hydrogens (tertiary/aromatic N) is 2. The van der Waals surface area contributed by atoms with Crippen molar-refractivity contribution in [1.82, 2.24) is 4.57 Å². The van der Waals surface area contributed by atoms with E-state index in [9.17, 15) is 9.59 Å². The second-order valence-corrected chi connectivity index (χ2v) is 9.26. The summed E-state index contributed by atoms with van der Waals surface area (Å²) in [6, 6.07) is 26.5. The Morgan fingerprint density at radius 1 is 1.00 bits per heavy atom. The van der Waals surface area contributed by atoms with Gasteiger partial charge >= 0.3 is 5.97 Å². The molecule has 35 heavy (non-hydrogen) atoms. The molecule has 1 aliphatic rings. The van der Waals surface area contributed by atoms with Gasteiger partial charge < -0.3 is 4.74 Å². The van der Waals surface area contributed by atoms with Crippen LogP contribution in [0.2, 0.25) is 0 Å². The molecule has 1 aliphatic heterocycles. The minimum atomic E-state index is -0.651. The number of benzene rings is 3. The molecule has 0 N–H and O–H groups in total. The Morgan fingerprint density at radius 3 is 2.31 bits per heavy atom. The predicted octanol–water partition coefficient (Wildman–Crippen LogP) is 4.24. The third-order valence-electron chi connectivity index (χ3n) is 5.86. The summed E-state index contributed by atoms with van der Waals surface area (Å²) in [5.41, 5.74) is 4.41. The van der Waals surface area contributed by atoms with Gasteiger partial charge in [-0.05, 0) is 31.1 Å². The highest BCUT2D eigenvalue weighted by atomic mass is 32.1. The summed E-state index contributed by atoms with van der Waals surface area (Å²) in [7, 11) is 0. The average Bonchev–Trinajstić information content (AvgIpc) is 3.20. The number of hydrogen-bond acceptors (Lipinski definition) is 5. The van der Waals surface area contributed by atoms with E-state index < -0.39 is 12.0 Å². The SMILES string of the molecule is CCOC(=O)C1=C(c2ccccc2)N=c2s/c(=C\c3ccc(C)cc3)c(=O)n2[C@H]1c1ccccc1. The molecular formula is C29H24N2O3S. The molecule has 3 aromatic carbocycles. The lowest BCUT2D eigenvalue weighted by molar-refractivity contribution is -0.138. The van der Waals surface area contributed by atoms with Gasteiger partial charge in [0.15, 0.2) is 4.80 Å². The lowest BCUT2D eigenvalue weighted by Crippen LogP contribution is -2.39. The van der Waals surface area contributed by atoms with E-state index in [1.807, 2.05) is 97.9 Å². The van der Waals surface area contributed by atoms with Gasteiger partial charge in [-0.25, -0.2) is 9.79 Å². The van der Waals surface area contributed by atoms with E-state index in [2.05, 4.69) is 0 Å².